The van der Waals surface area contributed by atoms with E-state index in [1.165, 1.54) is 25.1 Å². The fraction of sp³-hybridized carbons (Fsp3) is 0.273. The van der Waals surface area contributed by atoms with Gasteiger partial charge in [0.2, 0.25) is 5.91 Å². The molecule has 1 aliphatic heterocycles. The number of alkyl halides is 3. The summed E-state index contributed by atoms with van der Waals surface area (Å²) in [6.45, 7) is 3.36. The second-order valence-electron chi connectivity index (χ2n) is 7.27. The predicted molar refractivity (Wildman–Crippen MR) is 110 cm³/mol. The lowest BCUT2D eigenvalue weighted by Gasteiger charge is -2.15. The van der Waals surface area contributed by atoms with E-state index in [1.807, 2.05) is 6.92 Å². The molecule has 1 heterocycles. The first-order valence-electron chi connectivity index (χ1n) is 9.83. The molecule has 0 spiro atoms. The van der Waals surface area contributed by atoms with Crippen LogP contribution >= 0.6 is 0 Å². The lowest BCUT2D eigenvalue weighted by atomic mass is 10.0. The zero-order chi connectivity index (χ0) is 23.6. The van der Waals surface area contributed by atoms with Crippen LogP contribution in [0.2, 0.25) is 0 Å². The van der Waals surface area contributed by atoms with Gasteiger partial charge in [0, 0.05) is 19.0 Å². The highest BCUT2D eigenvalue weighted by Gasteiger charge is 2.35. The summed E-state index contributed by atoms with van der Waals surface area (Å²) in [7, 11) is 0. The predicted octanol–water partition coefficient (Wildman–Crippen LogP) is 4.31. The summed E-state index contributed by atoms with van der Waals surface area (Å²) in [5.74, 6) is -2.30. The molecule has 0 saturated heterocycles. The van der Waals surface area contributed by atoms with Crippen LogP contribution < -0.4 is 10.6 Å². The van der Waals surface area contributed by atoms with Gasteiger partial charge in [-0.05, 0) is 42.8 Å². The number of halogens is 3. The Morgan fingerprint density at radius 2 is 1.62 bits per heavy atom. The van der Waals surface area contributed by atoms with E-state index < -0.39 is 35.4 Å². The Bertz CT molecular complexity index is 1110. The smallest absolute Gasteiger partial charge is 0.325 e. The minimum atomic E-state index is -4.66. The number of fused-ring (bicyclic) bond motifs is 1. The number of carbonyl (C=O) groups excluding carboxylic acids is 4. The van der Waals surface area contributed by atoms with Crippen LogP contribution in [0.25, 0.3) is 0 Å². The number of anilines is 2. The van der Waals surface area contributed by atoms with E-state index in [1.54, 1.807) is 0 Å². The van der Waals surface area contributed by atoms with Gasteiger partial charge in [-0.25, -0.2) is 0 Å². The second-order valence-corrected chi connectivity index (χ2v) is 7.27. The third kappa shape index (κ3) is 4.63. The molecule has 7 nitrogen and oxygen atoms in total. The van der Waals surface area contributed by atoms with Crippen molar-refractivity contribution in [2.45, 2.75) is 32.9 Å². The Morgan fingerprint density at radius 1 is 0.938 bits per heavy atom. The van der Waals surface area contributed by atoms with Gasteiger partial charge < -0.3 is 10.6 Å². The average molecular weight is 447 g/mol. The maximum absolute atomic E-state index is 13.1. The molecule has 168 valence electrons. The molecule has 1 aliphatic rings. The van der Waals surface area contributed by atoms with Crippen molar-refractivity contribution in [3.8, 4) is 0 Å². The van der Waals surface area contributed by atoms with Crippen LogP contribution in [0.5, 0.6) is 0 Å². The molecule has 3 rings (SSSR count). The summed E-state index contributed by atoms with van der Waals surface area (Å²) in [6.07, 6.45) is -3.23. The van der Waals surface area contributed by atoms with Gasteiger partial charge in [0.15, 0.2) is 0 Å². The van der Waals surface area contributed by atoms with E-state index in [2.05, 4.69) is 10.6 Å². The molecular weight excluding hydrogens is 427 g/mol. The number of rotatable bonds is 6. The maximum Gasteiger partial charge on any atom is 0.416 e. The van der Waals surface area contributed by atoms with Crippen molar-refractivity contribution in [2.24, 2.45) is 0 Å². The topological polar surface area (TPSA) is 95.6 Å². The number of amides is 4. The van der Waals surface area contributed by atoms with Gasteiger partial charge in [-0.2, -0.15) is 13.2 Å². The van der Waals surface area contributed by atoms with Crippen molar-refractivity contribution < 1.29 is 32.3 Å². The van der Waals surface area contributed by atoms with E-state index in [0.29, 0.717) is 12.5 Å². The first-order chi connectivity index (χ1) is 15.0. The fourth-order valence-electron chi connectivity index (χ4n) is 3.27. The summed E-state index contributed by atoms with van der Waals surface area (Å²) >= 11 is 0. The van der Waals surface area contributed by atoms with E-state index in [-0.39, 0.29) is 34.6 Å². The number of benzene rings is 2. The summed E-state index contributed by atoms with van der Waals surface area (Å²) in [6, 6.07) is 6.42. The molecule has 0 aliphatic carbocycles. The molecule has 10 heteroatoms. The second kappa shape index (κ2) is 8.81. The van der Waals surface area contributed by atoms with Crippen molar-refractivity contribution in [1.82, 2.24) is 4.90 Å². The van der Waals surface area contributed by atoms with E-state index in [4.69, 9.17) is 0 Å². The number of nitrogens with zero attached hydrogens (tertiary/aromatic N) is 1. The molecule has 0 fully saturated rings. The Hall–Kier alpha value is -3.69. The third-order valence-electron chi connectivity index (χ3n) is 4.87. The van der Waals surface area contributed by atoms with Crippen molar-refractivity contribution in [1.29, 1.82) is 0 Å². The SMILES string of the molecule is CCCCN1C(=O)c2ccc(C(=O)Nc3cc(C(F)(F)F)ccc3NC(C)=O)cc2C1=O. The first-order valence-corrected chi connectivity index (χ1v) is 9.83. The monoisotopic (exact) mass is 447 g/mol. The highest BCUT2D eigenvalue weighted by Crippen LogP contribution is 2.34. The summed E-state index contributed by atoms with van der Waals surface area (Å²) in [5, 5.41) is 4.71. The number of hydrogen-bond acceptors (Lipinski definition) is 4. The molecule has 0 atom stereocenters. The molecule has 2 aromatic rings. The van der Waals surface area contributed by atoms with E-state index >= 15 is 0 Å². The molecule has 0 aromatic heterocycles. The van der Waals surface area contributed by atoms with Gasteiger partial charge in [0.25, 0.3) is 17.7 Å². The Labute approximate surface area is 181 Å². The Balaban J connectivity index is 1.90. The number of unbranched alkanes of at least 4 members (excludes halogenated alkanes) is 1. The molecule has 0 bridgehead atoms. The molecule has 2 N–H and O–H groups in total. The number of imide groups is 1. The molecule has 0 radical (unpaired) electrons. The zero-order valence-electron chi connectivity index (χ0n) is 17.3. The van der Waals surface area contributed by atoms with Crippen LogP contribution in [-0.4, -0.2) is 35.1 Å². The van der Waals surface area contributed by atoms with Crippen LogP contribution in [0.4, 0.5) is 24.5 Å². The Morgan fingerprint density at radius 3 is 2.25 bits per heavy atom. The van der Waals surface area contributed by atoms with Crippen LogP contribution in [0, 0.1) is 0 Å². The normalized spacial score (nSPS) is 13.2. The van der Waals surface area contributed by atoms with Crippen molar-refractivity contribution >= 4 is 35.0 Å². The Kier molecular flexibility index (Phi) is 6.33. The summed E-state index contributed by atoms with van der Waals surface area (Å²) in [4.78, 5) is 50.2. The number of nitrogens with one attached hydrogen (secondary N) is 2. The van der Waals surface area contributed by atoms with Crippen LogP contribution in [0.3, 0.4) is 0 Å². The van der Waals surface area contributed by atoms with Gasteiger partial charge >= 0.3 is 6.18 Å². The highest BCUT2D eigenvalue weighted by molar-refractivity contribution is 6.22. The molecule has 32 heavy (non-hydrogen) atoms. The number of hydrogen-bond donors (Lipinski definition) is 2. The summed E-state index contributed by atoms with van der Waals surface area (Å²) < 4.78 is 39.3. The van der Waals surface area contributed by atoms with Crippen molar-refractivity contribution in [2.75, 3.05) is 17.2 Å². The highest BCUT2D eigenvalue weighted by atomic mass is 19.4. The molecule has 0 saturated carbocycles. The van der Waals surface area contributed by atoms with E-state index in [0.717, 1.165) is 23.5 Å². The molecular formula is C22H20F3N3O4. The van der Waals surface area contributed by atoms with Gasteiger partial charge in [-0.15, -0.1) is 0 Å². The van der Waals surface area contributed by atoms with Crippen LogP contribution in [0.15, 0.2) is 36.4 Å². The summed E-state index contributed by atoms with van der Waals surface area (Å²) in [5.41, 5.74) is -1.08. The van der Waals surface area contributed by atoms with Crippen LogP contribution in [-0.2, 0) is 11.0 Å². The average Bonchev–Trinajstić information content (AvgIpc) is 2.96. The molecule has 4 amide bonds. The molecule has 2 aromatic carbocycles. The minimum absolute atomic E-state index is 0.0167. The lowest BCUT2D eigenvalue weighted by molar-refractivity contribution is -0.137. The van der Waals surface area contributed by atoms with E-state index in [9.17, 15) is 32.3 Å². The fourth-order valence-corrected chi connectivity index (χ4v) is 3.27. The maximum atomic E-state index is 13.1. The van der Waals surface area contributed by atoms with Gasteiger partial charge in [-0.3, -0.25) is 24.1 Å². The minimum Gasteiger partial charge on any atom is -0.325 e. The van der Waals surface area contributed by atoms with Crippen molar-refractivity contribution in [3.05, 3.63) is 58.7 Å². The van der Waals surface area contributed by atoms with Gasteiger partial charge in [0.1, 0.15) is 0 Å². The first kappa shape index (κ1) is 23.0. The standard InChI is InChI=1S/C22H20F3N3O4/c1-3-4-9-28-20(31)15-7-5-13(10-16(15)21(28)32)19(30)27-18-11-14(22(23,24)25)6-8-17(18)26-12(2)29/h5-8,10-11H,3-4,9H2,1-2H3,(H,26,29)(H,27,30). The largest absolute Gasteiger partial charge is 0.416 e. The van der Waals surface area contributed by atoms with Gasteiger partial charge in [0.05, 0.1) is 28.1 Å². The lowest BCUT2D eigenvalue weighted by Crippen LogP contribution is -2.30. The third-order valence-corrected chi connectivity index (χ3v) is 4.87. The quantitative estimate of drug-likeness (QED) is 0.645. The number of carbonyl (C=O) groups is 4. The van der Waals surface area contributed by atoms with Gasteiger partial charge in [-0.1, -0.05) is 13.3 Å². The molecule has 0 unspecified atom stereocenters. The van der Waals surface area contributed by atoms with Crippen molar-refractivity contribution in [3.63, 3.8) is 0 Å². The van der Waals surface area contributed by atoms with Crippen LogP contribution in [0.1, 0.15) is 63.3 Å². The zero-order valence-corrected chi connectivity index (χ0v) is 17.3.